The molecule has 1 saturated heterocycles. The van der Waals surface area contributed by atoms with E-state index in [2.05, 4.69) is 41.5 Å². The van der Waals surface area contributed by atoms with Crippen molar-refractivity contribution < 1.29 is 46.1 Å². The van der Waals surface area contributed by atoms with Crippen molar-refractivity contribution in [3.8, 4) is 11.5 Å². The summed E-state index contributed by atoms with van der Waals surface area (Å²) in [5.74, 6) is -2.81. The Morgan fingerprint density at radius 2 is 1.71 bits per heavy atom. The zero-order valence-electron chi connectivity index (χ0n) is 23.1. The van der Waals surface area contributed by atoms with Crippen molar-refractivity contribution in [1.29, 1.82) is 0 Å². The molecule has 0 radical (unpaired) electrons. The van der Waals surface area contributed by atoms with Gasteiger partial charge in [0.05, 0.1) is 19.9 Å². The summed E-state index contributed by atoms with van der Waals surface area (Å²) in [6, 6.07) is 9.37. The molecule has 2 aliphatic rings. The Bertz CT molecular complexity index is 1240. The quantitative estimate of drug-likeness (QED) is 0.375. The van der Waals surface area contributed by atoms with E-state index in [4.69, 9.17) is 19.4 Å². The second-order valence-corrected chi connectivity index (χ2v) is 10.3. The number of carboxylic acid groups (broad SMARTS) is 1. The van der Waals surface area contributed by atoms with Crippen LogP contribution in [0.2, 0.25) is 0 Å². The van der Waals surface area contributed by atoms with Crippen molar-refractivity contribution in [2.24, 2.45) is 0 Å². The Balaban J connectivity index is 0.000000587. The molecule has 3 unspecified atom stereocenters. The third-order valence-electron chi connectivity index (χ3n) is 7.68. The number of hydrogen-bond acceptors (Lipinski definition) is 5. The number of nitrogens with one attached hydrogen (secondary N) is 2. The molecule has 2 amide bonds. The minimum Gasteiger partial charge on any atom is -0.493 e. The molecule has 41 heavy (non-hydrogen) atoms. The lowest BCUT2D eigenvalue weighted by atomic mass is 9.65. The summed E-state index contributed by atoms with van der Waals surface area (Å²) in [6.45, 7) is 5.38. The van der Waals surface area contributed by atoms with Gasteiger partial charge in [0, 0.05) is 29.6 Å². The average molecular weight is 588 g/mol. The molecule has 3 atom stereocenters. The number of carboxylic acids is 1. The van der Waals surface area contributed by atoms with Crippen LogP contribution in [0.1, 0.15) is 45.1 Å². The molecular formula is C28H34F5N3O5. The number of benzene rings is 2. The highest BCUT2D eigenvalue weighted by Gasteiger charge is 2.52. The first kappa shape index (κ1) is 31.9. The van der Waals surface area contributed by atoms with Crippen molar-refractivity contribution in [2.75, 3.05) is 26.1 Å². The van der Waals surface area contributed by atoms with Gasteiger partial charge in [-0.1, -0.05) is 6.07 Å². The number of amides is 2. The van der Waals surface area contributed by atoms with E-state index < -0.39 is 29.8 Å². The molecule has 13 heteroatoms. The van der Waals surface area contributed by atoms with Gasteiger partial charge in [-0.05, 0) is 75.9 Å². The van der Waals surface area contributed by atoms with Crippen LogP contribution in [0.5, 0.6) is 11.5 Å². The van der Waals surface area contributed by atoms with E-state index in [9.17, 15) is 26.7 Å². The molecule has 4 rings (SSSR count). The fourth-order valence-corrected chi connectivity index (χ4v) is 5.75. The minimum atomic E-state index is -5.08. The summed E-state index contributed by atoms with van der Waals surface area (Å²) >= 11 is 0. The van der Waals surface area contributed by atoms with E-state index in [1.807, 2.05) is 6.07 Å². The van der Waals surface area contributed by atoms with Gasteiger partial charge in [-0.15, -0.1) is 0 Å². The Hall–Kier alpha value is -3.61. The average Bonchev–Trinajstić information content (AvgIpc) is 3.30. The van der Waals surface area contributed by atoms with Crippen molar-refractivity contribution in [3.63, 3.8) is 0 Å². The zero-order chi connectivity index (χ0) is 30.5. The van der Waals surface area contributed by atoms with E-state index in [0.717, 1.165) is 50.1 Å². The standard InChI is InChI=1S/C26H33F2N3O3.C2HF3O2/c1-16(2)31-12-11-26(17-5-8-22(33-3)23(13-17)34-4)10-9-19(15-24(26)31)29-25(32)30-21-7-6-18(27)14-20(21)28;3-2(4,5)1(6)7/h5-8,13-14,16,19,24H,9-12,15H2,1-4H3,(H2,29,30,32);(H,6,7). The second kappa shape index (κ2) is 12.9. The number of ether oxygens (including phenoxy) is 2. The molecule has 2 aromatic carbocycles. The first-order valence-electron chi connectivity index (χ1n) is 13.0. The molecule has 2 fully saturated rings. The van der Waals surface area contributed by atoms with Gasteiger partial charge in [-0.25, -0.2) is 18.4 Å². The third kappa shape index (κ3) is 7.38. The summed E-state index contributed by atoms with van der Waals surface area (Å²) in [5.41, 5.74) is 1.15. The van der Waals surface area contributed by atoms with Crippen LogP contribution >= 0.6 is 0 Å². The number of halogens is 5. The van der Waals surface area contributed by atoms with Crippen molar-refractivity contribution in [3.05, 3.63) is 53.6 Å². The molecule has 1 saturated carbocycles. The normalized spacial score (nSPS) is 22.3. The molecule has 3 N–H and O–H groups in total. The number of rotatable bonds is 6. The lowest BCUT2D eigenvalue weighted by molar-refractivity contribution is -0.192. The Morgan fingerprint density at radius 3 is 2.27 bits per heavy atom. The summed E-state index contributed by atoms with van der Waals surface area (Å²) in [4.78, 5) is 24.0. The van der Waals surface area contributed by atoms with Gasteiger partial charge in [0.2, 0.25) is 0 Å². The van der Waals surface area contributed by atoms with E-state index in [-0.39, 0.29) is 23.2 Å². The molecule has 0 bridgehead atoms. The number of carbonyl (C=O) groups is 2. The van der Waals surface area contributed by atoms with Crippen molar-refractivity contribution in [2.45, 2.75) is 69.2 Å². The molecule has 1 aliphatic heterocycles. The molecule has 0 aromatic heterocycles. The van der Waals surface area contributed by atoms with Gasteiger partial charge in [-0.2, -0.15) is 13.2 Å². The highest BCUT2D eigenvalue weighted by atomic mass is 19.4. The predicted octanol–water partition coefficient (Wildman–Crippen LogP) is 5.71. The molecule has 226 valence electrons. The van der Waals surface area contributed by atoms with Crippen LogP contribution < -0.4 is 20.1 Å². The van der Waals surface area contributed by atoms with Crippen molar-refractivity contribution in [1.82, 2.24) is 10.2 Å². The van der Waals surface area contributed by atoms with Crippen LogP contribution in [-0.4, -0.2) is 67.1 Å². The number of anilines is 1. The molecule has 2 aromatic rings. The minimum absolute atomic E-state index is 0.0401. The van der Waals surface area contributed by atoms with Crippen LogP contribution in [0.4, 0.5) is 32.4 Å². The van der Waals surface area contributed by atoms with Crippen LogP contribution in [0.15, 0.2) is 36.4 Å². The predicted molar refractivity (Wildman–Crippen MR) is 141 cm³/mol. The molecule has 8 nitrogen and oxygen atoms in total. The number of nitrogens with zero attached hydrogens (tertiary/aromatic N) is 1. The smallest absolute Gasteiger partial charge is 0.490 e. The second-order valence-electron chi connectivity index (χ2n) is 10.3. The number of fused-ring (bicyclic) bond motifs is 1. The maximum atomic E-state index is 14.0. The van der Waals surface area contributed by atoms with Crippen LogP contribution in [-0.2, 0) is 10.2 Å². The van der Waals surface area contributed by atoms with Gasteiger partial charge in [0.15, 0.2) is 11.5 Å². The van der Waals surface area contributed by atoms with Gasteiger partial charge >= 0.3 is 18.2 Å². The number of hydrogen-bond donors (Lipinski definition) is 3. The summed E-state index contributed by atoms with van der Waals surface area (Å²) in [6.07, 6.45) is -1.56. The van der Waals surface area contributed by atoms with E-state index in [1.165, 1.54) is 11.6 Å². The highest BCUT2D eigenvalue weighted by molar-refractivity contribution is 5.89. The summed E-state index contributed by atoms with van der Waals surface area (Å²) in [5, 5.41) is 12.6. The first-order chi connectivity index (χ1) is 19.2. The zero-order valence-corrected chi connectivity index (χ0v) is 23.1. The Labute approximate surface area is 234 Å². The lowest BCUT2D eigenvalue weighted by Crippen LogP contribution is -2.54. The number of methoxy groups -OCH3 is 2. The fraction of sp³-hybridized carbons (Fsp3) is 0.500. The third-order valence-corrected chi connectivity index (χ3v) is 7.68. The van der Waals surface area contributed by atoms with Gasteiger partial charge in [-0.3, -0.25) is 4.90 Å². The number of alkyl halides is 3. The number of aliphatic carboxylic acids is 1. The van der Waals surface area contributed by atoms with E-state index in [0.29, 0.717) is 11.8 Å². The molecule has 1 heterocycles. The van der Waals surface area contributed by atoms with E-state index in [1.54, 1.807) is 14.2 Å². The van der Waals surface area contributed by atoms with Crippen LogP contribution in [0.25, 0.3) is 0 Å². The largest absolute Gasteiger partial charge is 0.493 e. The highest BCUT2D eigenvalue weighted by Crippen LogP contribution is 2.50. The first-order valence-corrected chi connectivity index (χ1v) is 13.0. The van der Waals surface area contributed by atoms with Gasteiger partial charge in [0.25, 0.3) is 0 Å². The monoisotopic (exact) mass is 587 g/mol. The Morgan fingerprint density at radius 1 is 1.05 bits per heavy atom. The fourth-order valence-electron chi connectivity index (χ4n) is 5.75. The van der Waals surface area contributed by atoms with E-state index >= 15 is 0 Å². The van der Waals surface area contributed by atoms with Crippen LogP contribution in [0.3, 0.4) is 0 Å². The van der Waals surface area contributed by atoms with Crippen LogP contribution in [0, 0.1) is 11.6 Å². The van der Waals surface area contributed by atoms with Gasteiger partial charge < -0.3 is 25.2 Å². The summed E-state index contributed by atoms with van der Waals surface area (Å²) in [7, 11) is 3.28. The SMILES string of the molecule is COc1ccc(C23CCC(NC(=O)Nc4ccc(F)cc4F)CC2N(C(C)C)CC3)cc1OC.O=C(O)C(F)(F)F. The van der Waals surface area contributed by atoms with Crippen molar-refractivity contribution >= 4 is 17.7 Å². The lowest BCUT2D eigenvalue weighted by Gasteiger charge is -2.46. The topological polar surface area (TPSA) is 100 Å². The maximum Gasteiger partial charge on any atom is 0.490 e. The Kier molecular flexibility index (Phi) is 10.1. The number of carbonyl (C=O) groups excluding carboxylic acids is 1. The maximum absolute atomic E-state index is 14.0. The number of urea groups is 1. The summed E-state index contributed by atoms with van der Waals surface area (Å²) < 4.78 is 69.9. The molecule has 1 aliphatic carbocycles. The van der Waals surface area contributed by atoms with Gasteiger partial charge in [0.1, 0.15) is 11.6 Å². The molecular weight excluding hydrogens is 553 g/mol. The molecule has 0 spiro atoms. The number of likely N-dealkylation sites (tertiary alicyclic amines) is 1.